The second kappa shape index (κ2) is 11.6. The van der Waals surface area contributed by atoms with Gasteiger partial charge in [-0.15, -0.1) is 13.2 Å². The molecule has 5 rings (SSSR count). The lowest BCUT2D eigenvalue weighted by Crippen LogP contribution is -2.29. The largest absolute Gasteiger partial charge is 0.573 e. The molecule has 0 unspecified atom stereocenters. The molecular weight excluding hydrogens is 545 g/mol. The Morgan fingerprint density at radius 2 is 1.76 bits per heavy atom. The SMILES string of the molecule is Cc1ccccc1NC(=O)COc1ccc2c(c1)nc(Nc1ccc(OC(F)(F)F)cc1)n2[C@@H]1C[C@H](C)CC(C)(C)C1. The predicted molar refractivity (Wildman–Crippen MR) is 157 cm³/mol. The van der Waals surface area contributed by atoms with Crippen LogP contribution in [0.15, 0.2) is 66.7 Å². The number of halogens is 3. The fourth-order valence-electron chi connectivity index (χ4n) is 6.04. The summed E-state index contributed by atoms with van der Waals surface area (Å²) in [4.78, 5) is 17.4. The highest BCUT2D eigenvalue weighted by molar-refractivity contribution is 5.92. The molecule has 1 aliphatic carbocycles. The van der Waals surface area contributed by atoms with Crippen LogP contribution in [0.2, 0.25) is 0 Å². The molecule has 42 heavy (non-hydrogen) atoms. The first kappa shape index (κ1) is 29.3. The van der Waals surface area contributed by atoms with Crippen LogP contribution in [0.25, 0.3) is 11.0 Å². The number of anilines is 3. The van der Waals surface area contributed by atoms with Crippen molar-refractivity contribution in [2.75, 3.05) is 17.2 Å². The Balaban J connectivity index is 1.40. The van der Waals surface area contributed by atoms with Crippen molar-refractivity contribution in [2.24, 2.45) is 11.3 Å². The van der Waals surface area contributed by atoms with Crippen molar-refractivity contribution < 1.29 is 27.4 Å². The fourth-order valence-corrected chi connectivity index (χ4v) is 6.04. The van der Waals surface area contributed by atoms with Crippen LogP contribution in [-0.4, -0.2) is 28.4 Å². The number of rotatable bonds is 8. The first-order chi connectivity index (χ1) is 19.8. The smallest absolute Gasteiger partial charge is 0.484 e. The summed E-state index contributed by atoms with van der Waals surface area (Å²) in [5, 5.41) is 6.17. The fraction of sp³-hybridized carbons (Fsp3) is 0.375. The quantitative estimate of drug-likeness (QED) is 0.219. The summed E-state index contributed by atoms with van der Waals surface area (Å²) in [6.07, 6.45) is -1.71. The van der Waals surface area contributed by atoms with Crippen molar-refractivity contribution in [3.63, 3.8) is 0 Å². The van der Waals surface area contributed by atoms with Gasteiger partial charge in [0.1, 0.15) is 11.5 Å². The van der Waals surface area contributed by atoms with Crippen molar-refractivity contribution in [3.8, 4) is 11.5 Å². The molecular formula is C32H35F3N4O3. The highest BCUT2D eigenvalue weighted by atomic mass is 19.4. The monoisotopic (exact) mass is 580 g/mol. The number of aryl methyl sites for hydroxylation is 1. The molecule has 1 amide bonds. The minimum atomic E-state index is -4.76. The lowest BCUT2D eigenvalue weighted by Gasteiger charge is -2.40. The van der Waals surface area contributed by atoms with Gasteiger partial charge in [-0.05, 0) is 85.5 Å². The van der Waals surface area contributed by atoms with E-state index < -0.39 is 6.36 Å². The standard InChI is InChI=1S/C32H35F3N4O3/c1-20-15-23(18-31(3,4)17-20)39-28-14-13-25(41-19-29(40)37-26-8-6-5-7-21(26)2)16-27(28)38-30(39)36-22-9-11-24(12-10-22)42-32(33,34)35/h5-14,16,20,23H,15,17-19H2,1-4H3,(H,36,38)(H,37,40)/t20-,23+/m0/s1. The number of carbonyl (C=O) groups excluding carboxylic acids is 1. The zero-order valence-electron chi connectivity index (χ0n) is 24.1. The Bertz CT molecular complexity index is 1560. The first-order valence-electron chi connectivity index (χ1n) is 14.0. The second-order valence-corrected chi connectivity index (χ2v) is 11.9. The van der Waals surface area contributed by atoms with Crippen LogP contribution in [0.1, 0.15) is 51.6 Å². The topological polar surface area (TPSA) is 77.4 Å². The number of nitrogens with one attached hydrogen (secondary N) is 2. The van der Waals surface area contributed by atoms with E-state index >= 15 is 0 Å². The summed E-state index contributed by atoms with van der Waals surface area (Å²) in [6.45, 7) is 8.56. The van der Waals surface area contributed by atoms with Gasteiger partial charge in [-0.25, -0.2) is 4.98 Å². The third kappa shape index (κ3) is 7.16. The summed E-state index contributed by atoms with van der Waals surface area (Å²) in [7, 11) is 0. The maximum atomic E-state index is 12.6. The summed E-state index contributed by atoms with van der Waals surface area (Å²) < 4.78 is 49.9. The zero-order valence-corrected chi connectivity index (χ0v) is 24.1. The summed E-state index contributed by atoms with van der Waals surface area (Å²) in [5.74, 6) is 1.03. The number of carbonyl (C=O) groups is 1. The molecule has 0 aliphatic heterocycles. The average Bonchev–Trinajstić information content (AvgIpc) is 3.25. The third-order valence-electron chi connectivity index (χ3n) is 7.52. The van der Waals surface area contributed by atoms with E-state index in [2.05, 4.69) is 40.7 Å². The molecule has 2 N–H and O–H groups in total. The van der Waals surface area contributed by atoms with E-state index in [1.54, 1.807) is 6.07 Å². The molecule has 7 nitrogen and oxygen atoms in total. The van der Waals surface area contributed by atoms with Crippen molar-refractivity contribution in [2.45, 2.75) is 59.4 Å². The lowest BCUT2D eigenvalue weighted by molar-refractivity contribution is -0.274. The average molecular weight is 581 g/mol. The van der Waals surface area contributed by atoms with Crippen molar-refractivity contribution in [3.05, 3.63) is 72.3 Å². The molecule has 0 spiro atoms. The van der Waals surface area contributed by atoms with Crippen molar-refractivity contribution in [1.29, 1.82) is 0 Å². The van der Waals surface area contributed by atoms with E-state index in [9.17, 15) is 18.0 Å². The van der Waals surface area contributed by atoms with E-state index in [-0.39, 0.29) is 29.7 Å². The van der Waals surface area contributed by atoms with Gasteiger partial charge in [0.2, 0.25) is 5.95 Å². The highest BCUT2D eigenvalue weighted by Gasteiger charge is 2.35. The first-order valence-corrected chi connectivity index (χ1v) is 14.0. The number of fused-ring (bicyclic) bond motifs is 1. The van der Waals surface area contributed by atoms with Crippen LogP contribution in [0.5, 0.6) is 11.5 Å². The lowest BCUT2D eigenvalue weighted by atomic mass is 9.70. The molecule has 1 saturated carbocycles. The van der Waals surface area contributed by atoms with Crippen molar-refractivity contribution in [1.82, 2.24) is 9.55 Å². The predicted octanol–water partition coefficient (Wildman–Crippen LogP) is 8.39. The number of ether oxygens (including phenoxy) is 2. The van der Waals surface area contributed by atoms with E-state index in [4.69, 9.17) is 9.72 Å². The number of alkyl halides is 3. The molecule has 1 fully saturated rings. The zero-order chi connectivity index (χ0) is 30.1. The molecule has 10 heteroatoms. The number of aromatic nitrogens is 2. The molecule has 0 saturated heterocycles. The number of nitrogens with zero attached hydrogens (tertiary/aromatic N) is 2. The van der Waals surface area contributed by atoms with Crippen molar-refractivity contribution >= 4 is 34.3 Å². The van der Waals surface area contributed by atoms with Crippen LogP contribution in [0, 0.1) is 18.3 Å². The van der Waals surface area contributed by atoms with E-state index in [1.165, 1.54) is 24.3 Å². The van der Waals surface area contributed by atoms with E-state index in [1.807, 2.05) is 43.3 Å². The molecule has 1 aromatic heterocycles. The maximum absolute atomic E-state index is 12.6. The molecule has 222 valence electrons. The van der Waals surface area contributed by atoms with Gasteiger partial charge in [0, 0.05) is 23.5 Å². The minimum absolute atomic E-state index is 0.139. The van der Waals surface area contributed by atoms with Gasteiger partial charge in [-0.1, -0.05) is 39.0 Å². The number of para-hydroxylation sites is 1. The van der Waals surface area contributed by atoms with Crippen LogP contribution in [-0.2, 0) is 4.79 Å². The van der Waals surface area contributed by atoms with Crippen LogP contribution >= 0.6 is 0 Å². The van der Waals surface area contributed by atoms with Crippen LogP contribution in [0.3, 0.4) is 0 Å². The molecule has 2 atom stereocenters. The van der Waals surface area contributed by atoms with E-state index in [0.717, 1.165) is 36.0 Å². The molecule has 0 radical (unpaired) electrons. The number of imidazole rings is 1. The Kier molecular flexibility index (Phi) is 8.08. The number of benzene rings is 3. The van der Waals surface area contributed by atoms with Crippen LogP contribution in [0.4, 0.5) is 30.5 Å². The van der Waals surface area contributed by atoms with Gasteiger partial charge in [-0.2, -0.15) is 0 Å². The summed E-state index contributed by atoms with van der Waals surface area (Å²) in [6, 6.07) is 18.8. The number of amides is 1. The summed E-state index contributed by atoms with van der Waals surface area (Å²) in [5.41, 5.74) is 4.00. The number of hydrogen-bond donors (Lipinski definition) is 2. The molecule has 1 aliphatic rings. The van der Waals surface area contributed by atoms with Gasteiger partial charge in [0.05, 0.1) is 11.0 Å². The maximum Gasteiger partial charge on any atom is 0.573 e. The van der Waals surface area contributed by atoms with Crippen LogP contribution < -0.4 is 20.1 Å². The molecule has 3 aromatic carbocycles. The van der Waals surface area contributed by atoms with Gasteiger partial charge < -0.3 is 24.7 Å². The third-order valence-corrected chi connectivity index (χ3v) is 7.52. The summed E-state index contributed by atoms with van der Waals surface area (Å²) >= 11 is 0. The molecule has 1 heterocycles. The number of hydrogen-bond acceptors (Lipinski definition) is 5. The Morgan fingerprint density at radius 1 is 1.05 bits per heavy atom. The minimum Gasteiger partial charge on any atom is -0.484 e. The van der Waals surface area contributed by atoms with Gasteiger partial charge in [-0.3, -0.25) is 4.79 Å². The Morgan fingerprint density at radius 3 is 2.45 bits per heavy atom. The Hall–Kier alpha value is -4.21. The van der Waals surface area contributed by atoms with Gasteiger partial charge in [0.15, 0.2) is 6.61 Å². The van der Waals surface area contributed by atoms with E-state index in [0.29, 0.717) is 28.8 Å². The van der Waals surface area contributed by atoms with Gasteiger partial charge in [0.25, 0.3) is 5.91 Å². The second-order valence-electron chi connectivity index (χ2n) is 11.9. The van der Waals surface area contributed by atoms with Gasteiger partial charge >= 0.3 is 6.36 Å². The Labute approximate surface area is 243 Å². The molecule has 4 aromatic rings. The normalized spacial score (nSPS) is 18.5. The molecule has 0 bridgehead atoms. The highest BCUT2D eigenvalue weighted by Crippen LogP contribution is 2.46.